The van der Waals surface area contributed by atoms with Crippen LogP contribution in [0.3, 0.4) is 0 Å². The summed E-state index contributed by atoms with van der Waals surface area (Å²) in [6.45, 7) is 6.22. The van der Waals surface area contributed by atoms with Crippen molar-refractivity contribution in [1.29, 1.82) is 0 Å². The van der Waals surface area contributed by atoms with E-state index in [0.717, 1.165) is 31.6 Å². The number of carbonyl (C=O) groups excluding carboxylic acids is 3. The first-order valence-electron chi connectivity index (χ1n) is 11.0. The van der Waals surface area contributed by atoms with Gasteiger partial charge in [0.15, 0.2) is 0 Å². The minimum Gasteiger partial charge on any atom is -0.339 e. The molecule has 0 radical (unpaired) electrons. The van der Waals surface area contributed by atoms with Gasteiger partial charge in [-0.05, 0) is 60.7 Å². The van der Waals surface area contributed by atoms with Gasteiger partial charge in [-0.25, -0.2) is 0 Å². The van der Waals surface area contributed by atoms with Crippen LogP contribution in [0, 0.1) is 5.92 Å². The average molecular weight is 420 g/mol. The molecule has 2 aliphatic heterocycles. The molecule has 2 heterocycles. The topological polar surface area (TPSA) is 69.7 Å². The molecule has 2 aromatic carbocycles. The lowest BCUT2D eigenvalue weighted by Gasteiger charge is -2.18. The molecule has 31 heavy (non-hydrogen) atoms. The highest BCUT2D eigenvalue weighted by Crippen LogP contribution is 2.28. The number of rotatable bonds is 5. The van der Waals surface area contributed by atoms with Gasteiger partial charge >= 0.3 is 0 Å². The zero-order chi connectivity index (χ0) is 22.0. The molecule has 2 aromatic rings. The molecule has 6 heteroatoms. The van der Waals surface area contributed by atoms with Crippen molar-refractivity contribution in [3.63, 3.8) is 0 Å². The molecule has 0 aliphatic carbocycles. The Balaban J connectivity index is 1.38. The van der Waals surface area contributed by atoms with Crippen molar-refractivity contribution in [1.82, 2.24) is 4.90 Å². The molecule has 162 valence electrons. The average Bonchev–Trinajstić information content (AvgIpc) is 3.44. The van der Waals surface area contributed by atoms with E-state index in [1.807, 2.05) is 23.1 Å². The monoisotopic (exact) mass is 419 g/mol. The molecule has 0 saturated carbocycles. The van der Waals surface area contributed by atoms with Crippen LogP contribution in [0.4, 0.5) is 11.4 Å². The van der Waals surface area contributed by atoms with Gasteiger partial charge in [-0.15, -0.1) is 0 Å². The smallest absolute Gasteiger partial charge is 0.253 e. The predicted octanol–water partition coefficient (Wildman–Crippen LogP) is 4.04. The number of benzene rings is 2. The Kier molecular flexibility index (Phi) is 6.07. The molecule has 3 amide bonds. The van der Waals surface area contributed by atoms with Gasteiger partial charge < -0.3 is 15.1 Å². The number of nitrogens with one attached hydrogen (secondary N) is 1. The third-order valence-electron chi connectivity index (χ3n) is 6.14. The molecule has 1 unspecified atom stereocenters. The van der Waals surface area contributed by atoms with E-state index in [1.165, 1.54) is 5.56 Å². The fraction of sp³-hybridized carbons (Fsp3) is 0.400. The van der Waals surface area contributed by atoms with Gasteiger partial charge in [-0.1, -0.05) is 26.0 Å². The number of hydrogen-bond acceptors (Lipinski definition) is 3. The van der Waals surface area contributed by atoms with E-state index in [9.17, 15) is 14.4 Å². The number of amides is 3. The van der Waals surface area contributed by atoms with E-state index in [0.29, 0.717) is 23.7 Å². The van der Waals surface area contributed by atoms with E-state index in [4.69, 9.17) is 0 Å². The van der Waals surface area contributed by atoms with Gasteiger partial charge in [-0.2, -0.15) is 0 Å². The van der Waals surface area contributed by atoms with Crippen LogP contribution in [0.15, 0.2) is 48.5 Å². The van der Waals surface area contributed by atoms with Crippen molar-refractivity contribution in [3.05, 3.63) is 59.7 Å². The van der Waals surface area contributed by atoms with E-state index in [2.05, 4.69) is 25.2 Å². The van der Waals surface area contributed by atoms with Crippen LogP contribution < -0.4 is 10.2 Å². The number of carbonyl (C=O) groups is 3. The molecule has 1 N–H and O–H groups in total. The molecule has 0 bridgehead atoms. The van der Waals surface area contributed by atoms with Gasteiger partial charge in [-0.3, -0.25) is 14.4 Å². The standard InChI is InChI=1S/C25H29N3O3/c1-17(2)19-6-5-7-22(14-19)28-16-20(15-23(28)29)24(30)26-21-10-8-18(9-11-21)25(31)27-12-3-4-13-27/h5-11,14,17,20H,3-4,12-13,15-16H2,1-2H3,(H,26,30). The van der Waals surface area contributed by atoms with Gasteiger partial charge in [0.1, 0.15) is 0 Å². The number of hydrogen-bond donors (Lipinski definition) is 1. The molecule has 2 fully saturated rings. The first-order valence-corrected chi connectivity index (χ1v) is 11.0. The highest BCUT2D eigenvalue weighted by atomic mass is 16.2. The second kappa shape index (κ2) is 8.92. The van der Waals surface area contributed by atoms with Crippen LogP contribution >= 0.6 is 0 Å². The van der Waals surface area contributed by atoms with Crippen molar-refractivity contribution in [2.75, 3.05) is 29.9 Å². The summed E-state index contributed by atoms with van der Waals surface area (Å²) >= 11 is 0. The van der Waals surface area contributed by atoms with Gasteiger partial charge in [0.25, 0.3) is 5.91 Å². The summed E-state index contributed by atoms with van der Waals surface area (Å²) in [6.07, 6.45) is 2.31. The third kappa shape index (κ3) is 4.63. The Hall–Kier alpha value is -3.15. The molecule has 2 saturated heterocycles. The van der Waals surface area contributed by atoms with Crippen LogP contribution in [0.2, 0.25) is 0 Å². The first-order chi connectivity index (χ1) is 14.9. The molecule has 1 atom stereocenters. The minimum absolute atomic E-state index is 0.0346. The van der Waals surface area contributed by atoms with Crippen molar-refractivity contribution < 1.29 is 14.4 Å². The summed E-state index contributed by atoms with van der Waals surface area (Å²) in [5, 5.41) is 2.90. The lowest BCUT2D eigenvalue weighted by Crippen LogP contribution is -2.28. The lowest BCUT2D eigenvalue weighted by atomic mass is 10.0. The second-order valence-electron chi connectivity index (χ2n) is 8.72. The second-order valence-corrected chi connectivity index (χ2v) is 8.72. The SMILES string of the molecule is CC(C)c1cccc(N2CC(C(=O)Nc3ccc(C(=O)N4CCCC4)cc3)CC2=O)c1. The molecular formula is C25H29N3O3. The molecule has 2 aliphatic rings. The highest BCUT2D eigenvalue weighted by molar-refractivity contribution is 6.03. The predicted molar refractivity (Wildman–Crippen MR) is 121 cm³/mol. The summed E-state index contributed by atoms with van der Waals surface area (Å²) in [5.74, 6) is -0.198. The Morgan fingerprint density at radius 2 is 1.74 bits per heavy atom. The molecule has 0 aromatic heterocycles. The zero-order valence-corrected chi connectivity index (χ0v) is 18.1. The number of nitrogens with zero attached hydrogens (tertiary/aromatic N) is 2. The Morgan fingerprint density at radius 1 is 1.03 bits per heavy atom. The summed E-state index contributed by atoms with van der Waals surface area (Å²) in [6, 6.07) is 15.0. The first kappa shape index (κ1) is 21.1. The van der Waals surface area contributed by atoms with Gasteiger partial charge in [0, 0.05) is 43.0 Å². The van der Waals surface area contributed by atoms with Gasteiger partial charge in [0.2, 0.25) is 11.8 Å². The van der Waals surface area contributed by atoms with Gasteiger partial charge in [0.05, 0.1) is 5.92 Å². The Morgan fingerprint density at radius 3 is 2.42 bits per heavy atom. The van der Waals surface area contributed by atoms with Crippen molar-refractivity contribution in [2.45, 2.75) is 39.0 Å². The summed E-state index contributed by atoms with van der Waals surface area (Å²) in [7, 11) is 0. The van der Waals surface area contributed by atoms with Crippen LogP contribution in [-0.4, -0.2) is 42.3 Å². The van der Waals surface area contributed by atoms with Crippen molar-refractivity contribution in [2.24, 2.45) is 5.92 Å². The maximum Gasteiger partial charge on any atom is 0.253 e. The molecule has 4 rings (SSSR count). The van der Waals surface area contributed by atoms with E-state index < -0.39 is 5.92 Å². The zero-order valence-electron chi connectivity index (χ0n) is 18.1. The van der Waals surface area contributed by atoms with Crippen LogP contribution in [0.1, 0.15) is 54.9 Å². The molecular weight excluding hydrogens is 390 g/mol. The largest absolute Gasteiger partial charge is 0.339 e. The van der Waals surface area contributed by atoms with E-state index in [1.54, 1.807) is 29.2 Å². The fourth-order valence-corrected chi connectivity index (χ4v) is 4.23. The summed E-state index contributed by atoms with van der Waals surface area (Å²) in [5.41, 5.74) is 3.28. The van der Waals surface area contributed by atoms with Crippen molar-refractivity contribution in [3.8, 4) is 0 Å². The summed E-state index contributed by atoms with van der Waals surface area (Å²) < 4.78 is 0. The third-order valence-corrected chi connectivity index (χ3v) is 6.14. The fourth-order valence-electron chi connectivity index (χ4n) is 4.23. The maximum atomic E-state index is 12.8. The highest BCUT2D eigenvalue weighted by Gasteiger charge is 2.35. The van der Waals surface area contributed by atoms with Crippen LogP contribution in [0.5, 0.6) is 0 Å². The van der Waals surface area contributed by atoms with Crippen LogP contribution in [-0.2, 0) is 9.59 Å². The van der Waals surface area contributed by atoms with E-state index >= 15 is 0 Å². The normalized spacial score (nSPS) is 18.7. The lowest BCUT2D eigenvalue weighted by molar-refractivity contribution is -0.122. The summed E-state index contributed by atoms with van der Waals surface area (Å²) in [4.78, 5) is 41.4. The number of anilines is 2. The minimum atomic E-state index is -0.402. The number of likely N-dealkylation sites (tertiary alicyclic amines) is 1. The quantitative estimate of drug-likeness (QED) is 0.795. The maximum absolute atomic E-state index is 12.8. The Labute approximate surface area is 183 Å². The molecule has 0 spiro atoms. The molecule has 6 nitrogen and oxygen atoms in total. The van der Waals surface area contributed by atoms with Crippen LogP contribution in [0.25, 0.3) is 0 Å². The van der Waals surface area contributed by atoms with E-state index in [-0.39, 0.29) is 24.1 Å². The Bertz CT molecular complexity index is 978. The van der Waals surface area contributed by atoms with Crippen molar-refractivity contribution >= 4 is 29.1 Å².